The van der Waals surface area contributed by atoms with Crippen LogP contribution in [0.1, 0.15) is 71.6 Å². The van der Waals surface area contributed by atoms with Crippen LogP contribution in [-0.2, 0) is 9.59 Å². The van der Waals surface area contributed by atoms with Crippen molar-refractivity contribution in [2.24, 2.45) is 34.1 Å². The molecule has 0 aromatic heterocycles. The predicted octanol–water partition coefficient (Wildman–Crippen LogP) is 2.84. The van der Waals surface area contributed by atoms with Crippen LogP contribution in [0.3, 0.4) is 0 Å². The summed E-state index contributed by atoms with van der Waals surface area (Å²) in [5, 5.41) is 17.5. The lowest BCUT2D eigenvalue weighted by Crippen LogP contribution is -2.30. The van der Waals surface area contributed by atoms with E-state index >= 15 is 0 Å². The van der Waals surface area contributed by atoms with Crippen LogP contribution in [0.15, 0.2) is 0 Å². The van der Waals surface area contributed by atoms with Gasteiger partial charge in [-0.25, -0.2) is 0 Å². The largest absolute Gasteiger partial charge is 0.481 e. The minimum Gasteiger partial charge on any atom is -0.481 e. The molecule has 2 unspecified atom stereocenters. The van der Waals surface area contributed by atoms with Crippen LogP contribution < -0.4 is 11.5 Å². The van der Waals surface area contributed by atoms with Crippen LogP contribution in [0.4, 0.5) is 0 Å². The third kappa shape index (κ3) is 6.59. The molecule has 0 aromatic rings. The van der Waals surface area contributed by atoms with Gasteiger partial charge in [0.05, 0.1) is 12.8 Å². The van der Waals surface area contributed by atoms with Crippen molar-refractivity contribution in [3.05, 3.63) is 0 Å². The Bertz CT molecular complexity index is 457. The summed E-state index contributed by atoms with van der Waals surface area (Å²) in [7, 11) is 0. The van der Waals surface area contributed by atoms with Crippen molar-refractivity contribution in [3.8, 4) is 0 Å². The molecule has 25 heavy (non-hydrogen) atoms. The maximum atomic E-state index is 10.7. The van der Waals surface area contributed by atoms with E-state index in [1.165, 1.54) is 0 Å². The summed E-state index contributed by atoms with van der Waals surface area (Å²) >= 11 is 0. The molecule has 0 heterocycles. The van der Waals surface area contributed by atoms with Gasteiger partial charge in [-0.2, -0.15) is 0 Å². The third-order valence-corrected chi connectivity index (χ3v) is 6.25. The first-order chi connectivity index (χ1) is 11.7. The normalized spacial score (nSPS) is 34.4. The van der Waals surface area contributed by atoms with Gasteiger partial charge in [-0.15, -0.1) is 0 Å². The zero-order valence-electron chi connectivity index (χ0n) is 15.8. The number of hydrogen-bond donors (Lipinski definition) is 4. The number of aliphatic carboxylic acids is 2. The van der Waals surface area contributed by atoms with Gasteiger partial charge in [0, 0.05) is 0 Å². The number of hydrogen-bond acceptors (Lipinski definition) is 4. The van der Waals surface area contributed by atoms with Crippen LogP contribution in [-0.4, -0.2) is 35.2 Å². The lowest BCUT2D eigenvalue weighted by Gasteiger charge is -2.25. The second-order valence-electron chi connectivity index (χ2n) is 8.41. The fourth-order valence-electron chi connectivity index (χ4n) is 4.65. The Labute approximate surface area is 151 Å². The number of carboxylic acid groups (broad SMARTS) is 2. The van der Waals surface area contributed by atoms with Gasteiger partial charge in [0.25, 0.3) is 0 Å². The highest BCUT2D eigenvalue weighted by Crippen LogP contribution is 2.45. The molecule has 2 aliphatic rings. The molecule has 6 N–H and O–H groups in total. The molecule has 0 bridgehead atoms. The van der Waals surface area contributed by atoms with Crippen molar-refractivity contribution in [2.75, 3.05) is 13.1 Å². The molecule has 0 spiro atoms. The van der Waals surface area contributed by atoms with E-state index in [9.17, 15) is 9.59 Å². The van der Waals surface area contributed by atoms with E-state index in [4.69, 9.17) is 21.7 Å². The standard InChI is InChI=1S/C10H19NO2.C9H17NO2/c1-2-8-3-4-10(5-8,7-11)6-9(12)13;1-7-2-3-9(4-7,6-10)5-8(11)12/h8H,2-7,11H2,1H3,(H,12,13);7H,2-6,10H2,1H3,(H,11,12)/t;7-,9+/m.0/s1. The lowest BCUT2D eigenvalue weighted by atomic mass is 9.82. The van der Waals surface area contributed by atoms with Crippen molar-refractivity contribution in [1.82, 2.24) is 0 Å². The number of rotatable bonds is 7. The summed E-state index contributed by atoms with van der Waals surface area (Å²) < 4.78 is 0. The molecular formula is C19H36N2O4. The number of nitrogens with two attached hydrogens (primary N) is 2. The molecule has 6 heteroatoms. The minimum atomic E-state index is -0.713. The van der Waals surface area contributed by atoms with E-state index < -0.39 is 11.9 Å². The van der Waals surface area contributed by atoms with E-state index in [1.807, 2.05) is 0 Å². The van der Waals surface area contributed by atoms with Gasteiger partial charge in [0.15, 0.2) is 0 Å². The van der Waals surface area contributed by atoms with E-state index in [1.54, 1.807) is 0 Å². The smallest absolute Gasteiger partial charge is 0.303 e. The second-order valence-corrected chi connectivity index (χ2v) is 8.41. The van der Waals surface area contributed by atoms with Gasteiger partial charge < -0.3 is 21.7 Å². The molecule has 0 aliphatic heterocycles. The lowest BCUT2D eigenvalue weighted by molar-refractivity contribution is -0.140. The summed E-state index contributed by atoms with van der Waals surface area (Å²) in [6.45, 7) is 5.37. The van der Waals surface area contributed by atoms with Crippen LogP contribution in [0.2, 0.25) is 0 Å². The highest BCUT2D eigenvalue weighted by atomic mass is 16.4. The molecule has 2 aliphatic carbocycles. The average molecular weight is 357 g/mol. The molecule has 146 valence electrons. The van der Waals surface area contributed by atoms with Gasteiger partial charge in [-0.05, 0) is 67.9 Å². The molecule has 4 atom stereocenters. The first kappa shape index (κ1) is 21.9. The van der Waals surface area contributed by atoms with Gasteiger partial charge >= 0.3 is 11.9 Å². The maximum Gasteiger partial charge on any atom is 0.303 e. The van der Waals surface area contributed by atoms with Crippen LogP contribution >= 0.6 is 0 Å². The Morgan fingerprint density at radius 2 is 1.44 bits per heavy atom. The Morgan fingerprint density at radius 3 is 1.76 bits per heavy atom. The van der Waals surface area contributed by atoms with Crippen LogP contribution in [0.5, 0.6) is 0 Å². The monoisotopic (exact) mass is 356 g/mol. The summed E-state index contributed by atoms with van der Waals surface area (Å²) in [6, 6.07) is 0. The average Bonchev–Trinajstić information content (AvgIpc) is 3.12. The Morgan fingerprint density at radius 1 is 0.960 bits per heavy atom. The van der Waals surface area contributed by atoms with E-state index in [-0.39, 0.29) is 23.7 Å². The summed E-state index contributed by atoms with van der Waals surface area (Å²) in [6.07, 6.45) is 7.90. The van der Waals surface area contributed by atoms with Crippen molar-refractivity contribution in [3.63, 3.8) is 0 Å². The molecule has 0 radical (unpaired) electrons. The third-order valence-electron chi connectivity index (χ3n) is 6.25. The van der Waals surface area contributed by atoms with Crippen LogP contribution in [0.25, 0.3) is 0 Å². The zero-order chi connectivity index (χ0) is 19.1. The van der Waals surface area contributed by atoms with Crippen molar-refractivity contribution in [2.45, 2.75) is 71.6 Å². The van der Waals surface area contributed by atoms with E-state index in [0.717, 1.165) is 44.9 Å². The number of carbonyl (C=O) groups is 2. The topological polar surface area (TPSA) is 127 Å². The molecule has 0 aromatic carbocycles. The minimum absolute atomic E-state index is 0.0908. The second kappa shape index (κ2) is 9.53. The van der Waals surface area contributed by atoms with Crippen LogP contribution in [0, 0.1) is 22.7 Å². The summed E-state index contributed by atoms with van der Waals surface area (Å²) in [4.78, 5) is 21.2. The van der Waals surface area contributed by atoms with Crippen molar-refractivity contribution in [1.29, 1.82) is 0 Å². The molecule has 2 saturated carbocycles. The Kier molecular flexibility index (Phi) is 8.35. The molecule has 0 saturated heterocycles. The van der Waals surface area contributed by atoms with Gasteiger partial charge in [0.2, 0.25) is 0 Å². The highest BCUT2D eigenvalue weighted by Gasteiger charge is 2.39. The fourth-order valence-corrected chi connectivity index (χ4v) is 4.65. The molecule has 2 rings (SSSR count). The fraction of sp³-hybridized carbons (Fsp3) is 0.895. The Balaban J connectivity index is 0.000000251. The number of carboxylic acids is 2. The molecular weight excluding hydrogens is 320 g/mol. The Hall–Kier alpha value is -1.14. The molecule has 0 amide bonds. The van der Waals surface area contributed by atoms with Gasteiger partial charge in [0.1, 0.15) is 0 Å². The van der Waals surface area contributed by atoms with E-state index in [0.29, 0.717) is 24.9 Å². The SMILES string of the molecule is CCC1CCC(CN)(CC(=O)O)C1.C[C@H]1CC[C@](CN)(CC(=O)O)C1. The quantitative estimate of drug-likeness (QED) is 0.555. The highest BCUT2D eigenvalue weighted by molar-refractivity contribution is 5.68. The predicted molar refractivity (Wildman–Crippen MR) is 98.1 cm³/mol. The molecule has 2 fully saturated rings. The first-order valence-corrected chi connectivity index (χ1v) is 9.53. The van der Waals surface area contributed by atoms with Crippen molar-refractivity contribution < 1.29 is 19.8 Å². The maximum absolute atomic E-state index is 10.7. The van der Waals surface area contributed by atoms with Gasteiger partial charge in [-0.3, -0.25) is 9.59 Å². The summed E-state index contributed by atoms with van der Waals surface area (Å²) in [5.41, 5.74) is 11.1. The van der Waals surface area contributed by atoms with E-state index in [2.05, 4.69) is 13.8 Å². The summed E-state index contributed by atoms with van der Waals surface area (Å²) in [5.74, 6) is -0.0763. The molecule has 6 nitrogen and oxygen atoms in total. The first-order valence-electron chi connectivity index (χ1n) is 9.53. The van der Waals surface area contributed by atoms with Gasteiger partial charge in [-0.1, -0.05) is 26.7 Å². The van der Waals surface area contributed by atoms with Crippen molar-refractivity contribution >= 4 is 11.9 Å². The zero-order valence-corrected chi connectivity index (χ0v) is 15.8.